The maximum Gasteiger partial charge on any atom is 0.315 e. The smallest absolute Gasteiger partial charge is 0.315 e. The van der Waals surface area contributed by atoms with E-state index in [4.69, 9.17) is 9.47 Å². The van der Waals surface area contributed by atoms with Crippen LogP contribution in [-0.2, 0) is 9.47 Å². The Hall–Kier alpha value is -1.59. The molecular formula is C19H30N2O3. The number of nitrogens with one attached hydrogen (secondary N) is 2. The Kier molecular flexibility index (Phi) is 8.05. The topological polar surface area (TPSA) is 59.6 Å². The lowest BCUT2D eigenvalue weighted by Gasteiger charge is -2.21. The summed E-state index contributed by atoms with van der Waals surface area (Å²) in [6.07, 6.45) is 3.02. The van der Waals surface area contributed by atoms with Crippen molar-refractivity contribution in [2.24, 2.45) is 5.92 Å². The average molecular weight is 334 g/mol. The number of hydrogen-bond donors (Lipinski definition) is 2. The van der Waals surface area contributed by atoms with Gasteiger partial charge in [0.2, 0.25) is 0 Å². The van der Waals surface area contributed by atoms with Crippen LogP contribution in [0.1, 0.15) is 43.4 Å². The summed E-state index contributed by atoms with van der Waals surface area (Å²) in [5, 5.41) is 5.84. The molecule has 1 fully saturated rings. The number of aryl methyl sites for hydroxylation is 1. The normalized spacial score (nSPS) is 16.6. The summed E-state index contributed by atoms with van der Waals surface area (Å²) >= 11 is 0. The maximum atomic E-state index is 11.9. The van der Waals surface area contributed by atoms with Crippen molar-refractivity contribution in [1.29, 1.82) is 0 Å². The molecule has 1 aliphatic rings. The molecule has 1 atom stereocenters. The number of rotatable bonds is 8. The number of benzene rings is 1. The van der Waals surface area contributed by atoms with E-state index >= 15 is 0 Å². The van der Waals surface area contributed by atoms with Crippen LogP contribution >= 0.6 is 0 Å². The Bertz CT molecular complexity index is 484. The minimum Gasteiger partial charge on any atom is -0.381 e. The highest BCUT2D eigenvalue weighted by molar-refractivity contribution is 5.74. The van der Waals surface area contributed by atoms with Crippen LogP contribution in [0.15, 0.2) is 24.3 Å². The summed E-state index contributed by atoms with van der Waals surface area (Å²) < 4.78 is 11.0. The van der Waals surface area contributed by atoms with E-state index in [2.05, 4.69) is 29.7 Å². The molecule has 5 heteroatoms. The first-order valence-corrected chi connectivity index (χ1v) is 8.91. The van der Waals surface area contributed by atoms with Crippen LogP contribution in [0.5, 0.6) is 0 Å². The highest BCUT2D eigenvalue weighted by Gasteiger charge is 2.13. The second-order valence-corrected chi connectivity index (χ2v) is 6.52. The second kappa shape index (κ2) is 10.3. The number of hydrogen-bond acceptors (Lipinski definition) is 3. The van der Waals surface area contributed by atoms with Gasteiger partial charge in [0.1, 0.15) is 0 Å². The van der Waals surface area contributed by atoms with Gasteiger partial charge in [-0.05, 0) is 44.6 Å². The molecule has 1 aromatic rings. The quantitative estimate of drug-likeness (QED) is 0.718. The third kappa shape index (κ3) is 6.89. The molecular weight excluding hydrogens is 304 g/mol. The van der Waals surface area contributed by atoms with Crippen molar-refractivity contribution in [2.75, 3.05) is 33.0 Å². The van der Waals surface area contributed by atoms with Crippen molar-refractivity contribution in [2.45, 2.75) is 39.2 Å². The number of ether oxygens (including phenoxy) is 2. The van der Waals surface area contributed by atoms with Crippen molar-refractivity contribution in [3.63, 3.8) is 0 Å². The van der Waals surface area contributed by atoms with E-state index in [1.54, 1.807) is 0 Å². The van der Waals surface area contributed by atoms with E-state index in [0.717, 1.165) is 44.6 Å². The van der Waals surface area contributed by atoms with E-state index in [9.17, 15) is 4.79 Å². The first-order chi connectivity index (χ1) is 11.6. The Balaban J connectivity index is 1.52. The minimum absolute atomic E-state index is 0.00429. The Morgan fingerprint density at radius 3 is 2.71 bits per heavy atom. The van der Waals surface area contributed by atoms with Crippen molar-refractivity contribution in [3.8, 4) is 0 Å². The third-order valence-corrected chi connectivity index (χ3v) is 4.37. The first kappa shape index (κ1) is 18.7. The van der Waals surface area contributed by atoms with Gasteiger partial charge < -0.3 is 20.1 Å². The highest BCUT2D eigenvalue weighted by atomic mass is 16.5. The predicted octanol–water partition coefficient (Wildman–Crippen LogP) is 3.19. The van der Waals surface area contributed by atoms with Crippen LogP contribution in [0.2, 0.25) is 0 Å². The molecule has 0 aromatic heterocycles. The van der Waals surface area contributed by atoms with E-state index in [0.29, 0.717) is 19.1 Å². The van der Waals surface area contributed by atoms with Gasteiger partial charge >= 0.3 is 6.03 Å². The molecule has 1 aromatic carbocycles. The molecule has 5 nitrogen and oxygen atoms in total. The van der Waals surface area contributed by atoms with E-state index in [-0.39, 0.29) is 12.1 Å². The number of carbonyl (C=O) groups excluding carboxylic acids is 1. The minimum atomic E-state index is -0.132. The molecule has 0 spiro atoms. The summed E-state index contributed by atoms with van der Waals surface area (Å²) in [5.74, 6) is 0.630. The average Bonchev–Trinajstić information content (AvgIpc) is 2.59. The molecule has 134 valence electrons. The fourth-order valence-corrected chi connectivity index (χ4v) is 2.73. The maximum absolute atomic E-state index is 11.9. The van der Waals surface area contributed by atoms with Gasteiger partial charge in [0.15, 0.2) is 0 Å². The van der Waals surface area contributed by atoms with E-state index in [1.165, 1.54) is 5.56 Å². The zero-order valence-electron chi connectivity index (χ0n) is 14.8. The molecule has 1 saturated heterocycles. The van der Waals surface area contributed by atoms with Gasteiger partial charge in [0, 0.05) is 33.0 Å². The van der Waals surface area contributed by atoms with Gasteiger partial charge in [-0.3, -0.25) is 0 Å². The number of amides is 2. The van der Waals surface area contributed by atoms with Gasteiger partial charge in [-0.15, -0.1) is 0 Å². The summed E-state index contributed by atoms with van der Waals surface area (Å²) in [7, 11) is 0. The molecule has 0 aliphatic carbocycles. The molecule has 0 bridgehead atoms. The lowest BCUT2D eigenvalue weighted by molar-refractivity contribution is 0.0203. The van der Waals surface area contributed by atoms with Gasteiger partial charge in [-0.2, -0.15) is 0 Å². The standard InChI is InChI=1S/C19H30N2O3/c1-15-4-6-18(7-5-15)16(2)21-19(22)20-10-3-11-24-14-17-8-12-23-13-9-17/h4-7,16-17H,3,8-14H2,1-2H3,(H2,20,21,22)/t16-/m1/s1. The van der Waals surface area contributed by atoms with Crippen LogP contribution in [0.4, 0.5) is 4.79 Å². The molecule has 24 heavy (non-hydrogen) atoms. The van der Waals surface area contributed by atoms with Crippen molar-refractivity contribution in [1.82, 2.24) is 10.6 Å². The molecule has 0 unspecified atom stereocenters. The van der Waals surface area contributed by atoms with Crippen LogP contribution in [0, 0.1) is 12.8 Å². The summed E-state index contributed by atoms with van der Waals surface area (Å²) in [6.45, 7) is 7.87. The first-order valence-electron chi connectivity index (χ1n) is 8.91. The summed E-state index contributed by atoms with van der Waals surface area (Å²) in [6, 6.07) is 8.07. The predicted molar refractivity (Wildman–Crippen MR) is 95.1 cm³/mol. The lowest BCUT2D eigenvalue weighted by atomic mass is 10.0. The Morgan fingerprint density at radius 1 is 1.29 bits per heavy atom. The molecule has 1 aliphatic heterocycles. The van der Waals surface area contributed by atoms with Crippen LogP contribution in [-0.4, -0.2) is 39.0 Å². The van der Waals surface area contributed by atoms with Gasteiger partial charge in [0.25, 0.3) is 0 Å². The van der Waals surface area contributed by atoms with Crippen molar-refractivity contribution >= 4 is 6.03 Å². The molecule has 2 amide bonds. The van der Waals surface area contributed by atoms with Crippen LogP contribution in [0.25, 0.3) is 0 Å². The number of urea groups is 1. The van der Waals surface area contributed by atoms with Crippen LogP contribution < -0.4 is 10.6 Å². The zero-order valence-corrected chi connectivity index (χ0v) is 14.8. The monoisotopic (exact) mass is 334 g/mol. The Morgan fingerprint density at radius 2 is 2.00 bits per heavy atom. The number of carbonyl (C=O) groups is 1. The molecule has 2 rings (SSSR count). The lowest BCUT2D eigenvalue weighted by Crippen LogP contribution is -2.37. The Labute approximate surface area is 145 Å². The van der Waals surface area contributed by atoms with Gasteiger partial charge in [-0.25, -0.2) is 4.79 Å². The van der Waals surface area contributed by atoms with E-state index in [1.807, 2.05) is 19.1 Å². The van der Waals surface area contributed by atoms with Gasteiger partial charge in [-0.1, -0.05) is 29.8 Å². The van der Waals surface area contributed by atoms with E-state index < -0.39 is 0 Å². The van der Waals surface area contributed by atoms with Crippen LogP contribution in [0.3, 0.4) is 0 Å². The molecule has 0 saturated carbocycles. The summed E-state index contributed by atoms with van der Waals surface area (Å²) in [4.78, 5) is 11.9. The van der Waals surface area contributed by atoms with Crippen molar-refractivity contribution < 1.29 is 14.3 Å². The fourth-order valence-electron chi connectivity index (χ4n) is 2.73. The third-order valence-electron chi connectivity index (χ3n) is 4.37. The van der Waals surface area contributed by atoms with Gasteiger partial charge in [0.05, 0.1) is 6.04 Å². The fraction of sp³-hybridized carbons (Fsp3) is 0.632. The molecule has 0 radical (unpaired) electrons. The van der Waals surface area contributed by atoms with Crippen molar-refractivity contribution in [3.05, 3.63) is 35.4 Å². The largest absolute Gasteiger partial charge is 0.381 e. The molecule has 2 N–H and O–H groups in total. The zero-order chi connectivity index (χ0) is 17.2. The summed E-state index contributed by atoms with van der Waals surface area (Å²) in [5.41, 5.74) is 2.33. The SMILES string of the molecule is Cc1ccc([C@@H](C)NC(=O)NCCCOCC2CCOCC2)cc1. The highest BCUT2D eigenvalue weighted by Crippen LogP contribution is 2.14. The second-order valence-electron chi connectivity index (χ2n) is 6.52. The molecule has 1 heterocycles.